The Morgan fingerprint density at radius 2 is 1.81 bits per heavy atom. The quantitative estimate of drug-likeness (QED) is 0.438. The fourth-order valence-corrected chi connectivity index (χ4v) is 3.83. The van der Waals surface area contributed by atoms with Crippen molar-refractivity contribution in [3.8, 4) is 0 Å². The van der Waals surface area contributed by atoms with Gasteiger partial charge in [-0.15, -0.1) is 0 Å². The van der Waals surface area contributed by atoms with Crippen LogP contribution in [-0.2, 0) is 16.0 Å². The van der Waals surface area contributed by atoms with Crippen molar-refractivity contribution in [1.29, 1.82) is 0 Å². The minimum Gasteiger partial charge on any atom is -0.444 e. The van der Waals surface area contributed by atoms with Crippen molar-refractivity contribution in [2.45, 2.75) is 52.7 Å². The summed E-state index contributed by atoms with van der Waals surface area (Å²) in [6.07, 6.45) is 1.55. The topological polar surface area (TPSA) is 83.2 Å². The largest absolute Gasteiger partial charge is 0.444 e. The zero-order valence-corrected chi connectivity index (χ0v) is 20.0. The molecule has 0 spiro atoms. The molecule has 7 heteroatoms. The molecule has 1 aromatic heterocycles. The first-order valence-electron chi connectivity index (χ1n) is 10.2. The molecular weight excluding hydrogens is 458 g/mol. The molecule has 0 aliphatic rings. The van der Waals surface area contributed by atoms with Crippen molar-refractivity contribution in [3.05, 3.63) is 63.8 Å². The Labute approximate surface area is 190 Å². The number of H-pyrrole nitrogens is 1. The first-order chi connectivity index (χ1) is 14.5. The summed E-state index contributed by atoms with van der Waals surface area (Å²) in [5.74, 6) is -0.319. The molecule has 6 nitrogen and oxygen atoms in total. The van der Waals surface area contributed by atoms with E-state index in [0.29, 0.717) is 12.1 Å². The minimum absolute atomic E-state index is 0.317. The third kappa shape index (κ3) is 5.88. The molecule has 0 radical (unpaired) electrons. The number of fused-ring (bicyclic) bond motifs is 1. The van der Waals surface area contributed by atoms with Crippen molar-refractivity contribution in [1.82, 2.24) is 10.3 Å². The normalized spacial score (nSPS) is 12.5. The van der Waals surface area contributed by atoms with Crippen molar-refractivity contribution >= 4 is 44.5 Å². The van der Waals surface area contributed by atoms with E-state index in [1.165, 1.54) is 0 Å². The number of nitrogens with one attached hydrogen (secondary N) is 3. The zero-order chi connectivity index (χ0) is 22.8. The van der Waals surface area contributed by atoms with E-state index >= 15 is 0 Å². The second kappa shape index (κ2) is 9.14. The maximum absolute atomic E-state index is 13.2. The van der Waals surface area contributed by atoms with Crippen molar-refractivity contribution in [2.75, 3.05) is 5.32 Å². The number of rotatable bonds is 5. The molecule has 164 valence electrons. The molecule has 0 fully saturated rings. The number of para-hydroxylation sites is 1. The van der Waals surface area contributed by atoms with E-state index < -0.39 is 17.7 Å². The molecule has 0 aliphatic heterocycles. The molecule has 1 unspecified atom stereocenters. The minimum atomic E-state index is -0.817. The molecule has 0 aliphatic carbocycles. The Morgan fingerprint density at radius 1 is 1.13 bits per heavy atom. The first-order valence-corrected chi connectivity index (χ1v) is 10.9. The number of hydrogen-bond acceptors (Lipinski definition) is 3. The highest BCUT2D eigenvalue weighted by Gasteiger charge is 2.26. The maximum atomic E-state index is 13.2. The van der Waals surface area contributed by atoms with Gasteiger partial charge in [-0.3, -0.25) is 4.79 Å². The van der Waals surface area contributed by atoms with Crippen LogP contribution >= 0.6 is 15.9 Å². The third-order valence-electron chi connectivity index (χ3n) is 4.95. The highest BCUT2D eigenvalue weighted by molar-refractivity contribution is 9.10. The lowest BCUT2D eigenvalue weighted by Gasteiger charge is -2.23. The first kappa shape index (κ1) is 22.9. The van der Waals surface area contributed by atoms with E-state index in [0.717, 1.165) is 32.1 Å². The zero-order valence-electron chi connectivity index (χ0n) is 18.4. The number of amides is 2. The molecule has 0 bridgehead atoms. The van der Waals surface area contributed by atoms with Crippen molar-refractivity contribution in [2.24, 2.45) is 0 Å². The van der Waals surface area contributed by atoms with Gasteiger partial charge >= 0.3 is 6.09 Å². The number of alkyl carbamates (subject to hydrolysis) is 1. The number of aryl methyl sites for hydroxylation is 2. The molecule has 0 saturated carbocycles. The summed E-state index contributed by atoms with van der Waals surface area (Å²) in [4.78, 5) is 28.9. The van der Waals surface area contributed by atoms with Crippen LogP contribution in [-0.4, -0.2) is 28.6 Å². The van der Waals surface area contributed by atoms with E-state index in [1.807, 2.05) is 56.4 Å². The fourth-order valence-electron chi connectivity index (χ4n) is 3.28. The summed E-state index contributed by atoms with van der Waals surface area (Å²) in [6, 6.07) is 10.9. The maximum Gasteiger partial charge on any atom is 0.408 e. The van der Waals surface area contributed by atoms with Crippen LogP contribution in [0, 0.1) is 13.8 Å². The van der Waals surface area contributed by atoms with Gasteiger partial charge in [-0.25, -0.2) is 4.79 Å². The second-order valence-electron chi connectivity index (χ2n) is 8.67. The Kier molecular flexibility index (Phi) is 6.74. The number of halogens is 1. The molecule has 1 atom stereocenters. The van der Waals surface area contributed by atoms with Gasteiger partial charge in [0, 0.05) is 28.0 Å². The smallest absolute Gasteiger partial charge is 0.408 e. The number of anilines is 1. The van der Waals surface area contributed by atoms with Gasteiger partial charge in [0.15, 0.2) is 0 Å². The number of benzene rings is 2. The predicted molar refractivity (Wildman–Crippen MR) is 127 cm³/mol. The summed E-state index contributed by atoms with van der Waals surface area (Å²) < 4.78 is 6.17. The Morgan fingerprint density at radius 3 is 2.52 bits per heavy atom. The van der Waals surface area contributed by atoms with E-state index in [2.05, 4.69) is 31.5 Å². The molecule has 3 rings (SSSR count). The lowest BCUT2D eigenvalue weighted by Crippen LogP contribution is -2.47. The van der Waals surface area contributed by atoms with Gasteiger partial charge in [0.05, 0.1) is 5.69 Å². The van der Waals surface area contributed by atoms with E-state index in [-0.39, 0.29) is 5.91 Å². The highest BCUT2D eigenvalue weighted by Crippen LogP contribution is 2.27. The number of aromatic nitrogens is 1. The highest BCUT2D eigenvalue weighted by atomic mass is 79.9. The molecule has 0 saturated heterocycles. The summed E-state index contributed by atoms with van der Waals surface area (Å²) in [5, 5.41) is 6.69. The van der Waals surface area contributed by atoms with Crippen LogP contribution in [0.1, 0.15) is 37.5 Å². The molecule has 1 heterocycles. The van der Waals surface area contributed by atoms with E-state index in [4.69, 9.17) is 4.74 Å². The summed E-state index contributed by atoms with van der Waals surface area (Å²) in [7, 11) is 0. The Bertz CT molecular complexity index is 1110. The molecular formula is C24H28BrN3O3. The monoisotopic (exact) mass is 485 g/mol. The van der Waals surface area contributed by atoms with Gasteiger partial charge in [-0.05, 0) is 85.4 Å². The number of hydrogen-bond donors (Lipinski definition) is 3. The standard InChI is InChI=1S/C24H28BrN3O3/c1-14-10-18(25)20(11-15(14)2)27-22(29)21(28-23(30)31-24(3,4)5)12-16-13-26-19-9-7-6-8-17(16)19/h6-11,13,21,26H,12H2,1-5H3,(H,27,29)(H,28,30). The predicted octanol–water partition coefficient (Wildman–Crippen LogP) is 5.62. The van der Waals surface area contributed by atoms with E-state index in [9.17, 15) is 9.59 Å². The summed E-state index contributed by atoms with van der Waals surface area (Å²) >= 11 is 3.51. The lowest BCUT2D eigenvalue weighted by molar-refractivity contribution is -0.118. The summed E-state index contributed by atoms with van der Waals surface area (Å²) in [5.41, 5.74) is 4.09. The van der Waals surface area contributed by atoms with Gasteiger partial charge in [0.1, 0.15) is 11.6 Å². The lowest BCUT2D eigenvalue weighted by atomic mass is 10.0. The molecule has 3 N–H and O–H groups in total. The van der Waals surface area contributed by atoms with E-state index in [1.54, 1.807) is 20.8 Å². The number of ether oxygens (including phenoxy) is 1. The second-order valence-corrected chi connectivity index (χ2v) is 9.52. The van der Waals surface area contributed by atoms with Gasteiger partial charge < -0.3 is 20.4 Å². The van der Waals surface area contributed by atoms with Gasteiger partial charge in [0.2, 0.25) is 5.91 Å². The van der Waals surface area contributed by atoms with Crippen LogP contribution < -0.4 is 10.6 Å². The number of carbonyl (C=O) groups excluding carboxylic acids is 2. The van der Waals surface area contributed by atoms with Gasteiger partial charge in [-0.1, -0.05) is 18.2 Å². The molecule has 31 heavy (non-hydrogen) atoms. The van der Waals surface area contributed by atoms with Gasteiger partial charge in [0.25, 0.3) is 0 Å². The third-order valence-corrected chi connectivity index (χ3v) is 5.60. The van der Waals surface area contributed by atoms with Crippen LogP contribution in [0.4, 0.5) is 10.5 Å². The van der Waals surface area contributed by atoms with Crippen LogP contribution in [0.3, 0.4) is 0 Å². The fraction of sp³-hybridized carbons (Fsp3) is 0.333. The Balaban J connectivity index is 1.86. The van der Waals surface area contributed by atoms with Crippen LogP contribution in [0.25, 0.3) is 10.9 Å². The van der Waals surface area contributed by atoms with Crippen LogP contribution in [0.5, 0.6) is 0 Å². The average molecular weight is 486 g/mol. The number of aromatic amines is 1. The number of carbonyl (C=O) groups is 2. The SMILES string of the molecule is Cc1cc(Br)c(NC(=O)C(Cc2c[nH]c3ccccc23)NC(=O)OC(C)(C)C)cc1C. The Hall–Kier alpha value is -2.80. The van der Waals surface area contributed by atoms with Crippen molar-refractivity contribution in [3.63, 3.8) is 0 Å². The van der Waals surface area contributed by atoms with Crippen LogP contribution in [0.2, 0.25) is 0 Å². The van der Waals surface area contributed by atoms with Crippen LogP contribution in [0.15, 0.2) is 47.1 Å². The average Bonchev–Trinajstić information content (AvgIpc) is 3.07. The van der Waals surface area contributed by atoms with Crippen molar-refractivity contribution < 1.29 is 14.3 Å². The molecule has 2 aromatic carbocycles. The molecule has 3 aromatic rings. The summed E-state index contributed by atoms with van der Waals surface area (Å²) in [6.45, 7) is 9.35. The molecule has 2 amide bonds. The van der Waals surface area contributed by atoms with Gasteiger partial charge in [-0.2, -0.15) is 0 Å².